The molecule has 0 saturated carbocycles. The number of benzene rings is 1. The molecule has 0 aliphatic rings. The first kappa shape index (κ1) is 17.2. The van der Waals surface area contributed by atoms with E-state index in [-0.39, 0.29) is 18.4 Å². The first-order valence-corrected chi connectivity index (χ1v) is 7.47. The molecular formula is C17H25NO3. The summed E-state index contributed by atoms with van der Waals surface area (Å²) in [6.45, 7) is 8.77. The van der Waals surface area contributed by atoms with Gasteiger partial charge in [0.15, 0.2) is 0 Å². The van der Waals surface area contributed by atoms with Crippen molar-refractivity contribution in [1.82, 2.24) is 4.90 Å². The number of rotatable bonds is 7. The Hall–Kier alpha value is -1.84. The van der Waals surface area contributed by atoms with Crippen LogP contribution in [0.2, 0.25) is 0 Å². The summed E-state index contributed by atoms with van der Waals surface area (Å²) in [6.07, 6.45) is 1.14. The molecule has 4 nitrogen and oxygen atoms in total. The Kier molecular flexibility index (Phi) is 6.92. The average Bonchev–Trinajstić information content (AvgIpc) is 2.42. The van der Waals surface area contributed by atoms with Crippen LogP contribution in [0, 0.1) is 13.8 Å². The normalized spacial score (nSPS) is 10.3. The fraction of sp³-hybridized carbons (Fsp3) is 0.529. The predicted molar refractivity (Wildman–Crippen MR) is 83.1 cm³/mol. The van der Waals surface area contributed by atoms with Crippen LogP contribution in [0.1, 0.15) is 37.0 Å². The van der Waals surface area contributed by atoms with Gasteiger partial charge in [-0.05, 0) is 43.9 Å². The number of amides is 1. The van der Waals surface area contributed by atoms with E-state index < -0.39 is 0 Å². The van der Waals surface area contributed by atoms with Crippen LogP contribution in [-0.2, 0) is 20.7 Å². The average molecular weight is 291 g/mol. The van der Waals surface area contributed by atoms with Crippen molar-refractivity contribution in [3.63, 3.8) is 0 Å². The Morgan fingerprint density at radius 3 is 2.43 bits per heavy atom. The molecule has 0 heterocycles. The molecule has 0 spiro atoms. The third kappa shape index (κ3) is 5.58. The predicted octanol–water partition coefficient (Wildman–Crippen LogP) is 2.65. The second-order valence-electron chi connectivity index (χ2n) is 5.22. The van der Waals surface area contributed by atoms with Crippen LogP contribution in [0.25, 0.3) is 0 Å². The fourth-order valence-corrected chi connectivity index (χ4v) is 2.12. The maximum Gasteiger partial charge on any atom is 0.325 e. The topological polar surface area (TPSA) is 46.6 Å². The third-order valence-corrected chi connectivity index (χ3v) is 3.40. The summed E-state index contributed by atoms with van der Waals surface area (Å²) < 4.78 is 4.92. The lowest BCUT2D eigenvalue weighted by molar-refractivity contribution is -0.148. The summed E-state index contributed by atoms with van der Waals surface area (Å²) in [5.74, 6) is -0.382. The van der Waals surface area contributed by atoms with Gasteiger partial charge in [0.05, 0.1) is 13.0 Å². The Morgan fingerprint density at radius 1 is 1.14 bits per heavy atom. The Labute approximate surface area is 127 Å². The van der Waals surface area contributed by atoms with Gasteiger partial charge in [0, 0.05) is 6.54 Å². The molecule has 0 saturated heterocycles. The molecule has 0 unspecified atom stereocenters. The smallest absolute Gasteiger partial charge is 0.325 e. The Balaban J connectivity index is 2.71. The molecule has 0 atom stereocenters. The minimum Gasteiger partial charge on any atom is -0.465 e. The molecule has 0 N–H and O–H groups in total. The summed E-state index contributed by atoms with van der Waals surface area (Å²) in [7, 11) is 0. The molecule has 0 bridgehead atoms. The largest absolute Gasteiger partial charge is 0.465 e. The van der Waals surface area contributed by atoms with E-state index in [0.29, 0.717) is 19.6 Å². The van der Waals surface area contributed by atoms with E-state index in [4.69, 9.17) is 4.74 Å². The molecule has 0 radical (unpaired) electrons. The van der Waals surface area contributed by atoms with Gasteiger partial charge < -0.3 is 9.64 Å². The molecule has 1 rings (SSSR count). The van der Waals surface area contributed by atoms with Gasteiger partial charge in [-0.1, -0.05) is 25.1 Å². The number of esters is 1. The van der Waals surface area contributed by atoms with Gasteiger partial charge in [-0.2, -0.15) is 0 Å². The summed E-state index contributed by atoms with van der Waals surface area (Å²) in [6, 6.07) is 6.02. The number of nitrogens with zero attached hydrogens (tertiary/aromatic N) is 1. The van der Waals surface area contributed by atoms with Crippen molar-refractivity contribution >= 4 is 11.9 Å². The molecule has 4 heteroatoms. The Bertz CT molecular complexity index is 497. The molecule has 0 aliphatic heterocycles. The maximum absolute atomic E-state index is 12.4. The summed E-state index contributed by atoms with van der Waals surface area (Å²) in [4.78, 5) is 25.5. The lowest BCUT2D eigenvalue weighted by Crippen LogP contribution is -2.38. The van der Waals surface area contributed by atoms with E-state index in [1.54, 1.807) is 11.8 Å². The van der Waals surface area contributed by atoms with E-state index in [0.717, 1.165) is 12.0 Å². The van der Waals surface area contributed by atoms with Crippen molar-refractivity contribution in [1.29, 1.82) is 0 Å². The van der Waals surface area contributed by atoms with E-state index in [9.17, 15) is 9.59 Å². The van der Waals surface area contributed by atoms with Crippen LogP contribution in [-0.4, -0.2) is 36.5 Å². The molecule has 1 amide bonds. The number of hydrogen-bond donors (Lipinski definition) is 0. The highest BCUT2D eigenvalue weighted by molar-refractivity contribution is 5.83. The van der Waals surface area contributed by atoms with Gasteiger partial charge in [-0.3, -0.25) is 9.59 Å². The molecule has 0 aromatic heterocycles. The molecule has 1 aromatic carbocycles. The standard InChI is InChI=1S/C17H25NO3/c1-5-9-18(12-17(20)21-6-2)16(19)11-15-8-7-13(3)14(4)10-15/h7-8,10H,5-6,9,11-12H2,1-4H3. The number of aryl methyl sites for hydroxylation is 2. The van der Waals surface area contributed by atoms with Crippen LogP contribution < -0.4 is 0 Å². The van der Waals surface area contributed by atoms with Crippen LogP contribution in [0.4, 0.5) is 0 Å². The van der Waals surface area contributed by atoms with Crippen molar-refractivity contribution < 1.29 is 14.3 Å². The zero-order valence-corrected chi connectivity index (χ0v) is 13.4. The zero-order chi connectivity index (χ0) is 15.8. The van der Waals surface area contributed by atoms with Gasteiger partial charge in [-0.25, -0.2) is 0 Å². The number of carbonyl (C=O) groups is 2. The SMILES string of the molecule is CCCN(CC(=O)OCC)C(=O)Cc1ccc(C)c(C)c1. The minimum absolute atomic E-state index is 0.0331. The molecule has 0 aliphatic carbocycles. The van der Waals surface area contributed by atoms with Crippen LogP contribution >= 0.6 is 0 Å². The molecule has 1 aromatic rings. The minimum atomic E-state index is -0.348. The summed E-state index contributed by atoms with van der Waals surface area (Å²) >= 11 is 0. The lowest BCUT2D eigenvalue weighted by atomic mass is 10.0. The number of hydrogen-bond acceptors (Lipinski definition) is 3. The maximum atomic E-state index is 12.4. The van der Waals surface area contributed by atoms with Crippen molar-refractivity contribution in [3.05, 3.63) is 34.9 Å². The van der Waals surface area contributed by atoms with Crippen molar-refractivity contribution in [2.75, 3.05) is 19.7 Å². The monoisotopic (exact) mass is 291 g/mol. The zero-order valence-electron chi connectivity index (χ0n) is 13.4. The first-order chi connectivity index (χ1) is 9.97. The highest BCUT2D eigenvalue weighted by atomic mass is 16.5. The number of ether oxygens (including phenoxy) is 1. The van der Waals surface area contributed by atoms with Crippen LogP contribution in [0.15, 0.2) is 18.2 Å². The number of carbonyl (C=O) groups excluding carboxylic acids is 2. The fourth-order valence-electron chi connectivity index (χ4n) is 2.12. The van der Waals surface area contributed by atoms with Crippen LogP contribution in [0.3, 0.4) is 0 Å². The van der Waals surface area contributed by atoms with Crippen molar-refractivity contribution in [2.24, 2.45) is 0 Å². The van der Waals surface area contributed by atoms with Gasteiger partial charge in [0.25, 0.3) is 0 Å². The van der Waals surface area contributed by atoms with E-state index >= 15 is 0 Å². The van der Waals surface area contributed by atoms with Gasteiger partial charge in [-0.15, -0.1) is 0 Å². The first-order valence-electron chi connectivity index (χ1n) is 7.47. The quantitative estimate of drug-likeness (QED) is 0.726. The van der Waals surface area contributed by atoms with Crippen molar-refractivity contribution in [3.8, 4) is 0 Å². The third-order valence-electron chi connectivity index (χ3n) is 3.40. The summed E-state index contributed by atoms with van der Waals surface area (Å²) in [5.41, 5.74) is 3.36. The van der Waals surface area contributed by atoms with E-state index in [1.807, 2.05) is 39.0 Å². The van der Waals surface area contributed by atoms with E-state index in [1.165, 1.54) is 11.1 Å². The van der Waals surface area contributed by atoms with Crippen LogP contribution in [0.5, 0.6) is 0 Å². The lowest BCUT2D eigenvalue weighted by Gasteiger charge is -2.21. The molecule has 0 fully saturated rings. The highest BCUT2D eigenvalue weighted by Gasteiger charge is 2.17. The van der Waals surface area contributed by atoms with Gasteiger partial charge in [0.2, 0.25) is 5.91 Å². The van der Waals surface area contributed by atoms with Crippen molar-refractivity contribution in [2.45, 2.75) is 40.5 Å². The van der Waals surface area contributed by atoms with Gasteiger partial charge in [0.1, 0.15) is 6.54 Å². The summed E-state index contributed by atoms with van der Waals surface area (Å²) in [5, 5.41) is 0. The Morgan fingerprint density at radius 2 is 1.86 bits per heavy atom. The molecule has 21 heavy (non-hydrogen) atoms. The second-order valence-corrected chi connectivity index (χ2v) is 5.22. The van der Waals surface area contributed by atoms with Gasteiger partial charge >= 0.3 is 5.97 Å². The molecular weight excluding hydrogens is 266 g/mol. The second kappa shape index (κ2) is 8.45. The van der Waals surface area contributed by atoms with E-state index in [2.05, 4.69) is 0 Å². The highest BCUT2D eigenvalue weighted by Crippen LogP contribution is 2.11. The molecule has 116 valence electrons.